The van der Waals surface area contributed by atoms with E-state index >= 15 is 0 Å². The lowest BCUT2D eigenvalue weighted by atomic mass is 10.1. The minimum atomic E-state index is -0.537. The molecule has 2 aromatic carbocycles. The van der Waals surface area contributed by atoms with Gasteiger partial charge >= 0.3 is 5.97 Å². The van der Waals surface area contributed by atoms with Crippen molar-refractivity contribution in [2.24, 2.45) is 0 Å². The van der Waals surface area contributed by atoms with Crippen molar-refractivity contribution in [3.63, 3.8) is 0 Å². The maximum absolute atomic E-state index is 12.4. The molecule has 0 aliphatic carbocycles. The number of H-pyrrole nitrogens is 1. The normalized spacial score (nSPS) is 10.6. The molecular formula is C18H15NO3. The van der Waals surface area contributed by atoms with Gasteiger partial charge < -0.3 is 9.72 Å². The summed E-state index contributed by atoms with van der Waals surface area (Å²) in [5, 5.41) is 0.663. The number of para-hydroxylation sites is 1. The molecule has 0 atom stereocenters. The van der Waals surface area contributed by atoms with Gasteiger partial charge in [0.25, 0.3) is 0 Å². The van der Waals surface area contributed by atoms with Crippen LogP contribution in [0.3, 0.4) is 0 Å². The van der Waals surface area contributed by atoms with Gasteiger partial charge in [0.1, 0.15) is 5.75 Å². The Hall–Kier alpha value is -2.88. The lowest BCUT2D eigenvalue weighted by Crippen LogP contribution is -2.15. The summed E-state index contributed by atoms with van der Waals surface area (Å²) >= 11 is 0. The van der Waals surface area contributed by atoms with Crippen molar-refractivity contribution in [2.45, 2.75) is 13.8 Å². The minimum absolute atomic E-state index is 0.262. The maximum atomic E-state index is 12.4. The standard InChI is InChI=1S/C18H15NO3/c1-11-7-8-13(9-12(11)2)22-18(21)15-10-17(20)19-16-6-4-3-5-14(15)16/h3-10H,1-2H3,(H,19,20). The van der Waals surface area contributed by atoms with Crippen molar-refractivity contribution in [1.29, 1.82) is 0 Å². The Labute approximate surface area is 127 Å². The van der Waals surface area contributed by atoms with Gasteiger partial charge in [0.2, 0.25) is 5.56 Å². The molecule has 0 saturated carbocycles. The Morgan fingerprint density at radius 1 is 1.00 bits per heavy atom. The van der Waals surface area contributed by atoms with Gasteiger partial charge in [0.05, 0.1) is 5.56 Å². The molecule has 0 bridgehead atoms. The summed E-state index contributed by atoms with van der Waals surface area (Å²) in [6.45, 7) is 3.94. The van der Waals surface area contributed by atoms with Crippen LogP contribution in [0.4, 0.5) is 0 Å². The van der Waals surface area contributed by atoms with Gasteiger partial charge in [-0.05, 0) is 43.2 Å². The van der Waals surface area contributed by atoms with Crippen molar-refractivity contribution in [1.82, 2.24) is 4.98 Å². The van der Waals surface area contributed by atoms with Crippen LogP contribution >= 0.6 is 0 Å². The van der Waals surface area contributed by atoms with Gasteiger partial charge in [-0.2, -0.15) is 0 Å². The van der Waals surface area contributed by atoms with Gasteiger partial charge in [-0.25, -0.2) is 4.79 Å². The highest BCUT2D eigenvalue weighted by atomic mass is 16.5. The predicted octanol–water partition coefficient (Wildman–Crippen LogP) is 3.36. The summed E-state index contributed by atoms with van der Waals surface area (Å²) in [4.78, 5) is 26.8. The van der Waals surface area contributed by atoms with Gasteiger partial charge in [-0.3, -0.25) is 4.79 Å². The maximum Gasteiger partial charge on any atom is 0.344 e. The Kier molecular flexibility index (Phi) is 3.51. The molecule has 0 amide bonds. The van der Waals surface area contributed by atoms with E-state index in [0.29, 0.717) is 16.7 Å². The SMILES string of the molecule is Cc1ccc(OC(=O)c2cc(=O)[nH]c3ccccc23)cc1C. The van der Waals surface area contributed by atoms with Crippen LogP contribution in [0.5, 0.6) is 5.75 Å². The van der Waals surface area contributed by atoms with E-state index in [2.05, 4.69) is 4.98 Å². The fraction of sp³-hybridized carbons (Fsp3) is 0.111. The number of aryl methyl sites for hydroxylation is 2. The summed E-state index contributed by atoms with van der Waals surface area (Å²) in [7, 11) is 0. The molecule has 110 valence electrons. The molecule has 0 spiro atoms. The first-order valence-electron chi connectivity index (χ1n) is 6.96. The number of ether oxygens (including phenoxy) is 1. The van der Waals surface area contributed by atoms with Crippen molar-refractivity contribution in [2.75, 3.05) is 0 Å². The average molecular weight is 293 g/mol. The fourth-order valence-corrected chi connectivity index (χ4v) is 2.31. The number of rotatable bonds is 2. The van der Waals surface area contributed by atoms with Crippen LogP contribution in [0.25, 0.3) is 10.9 Å². The van der Waals surface area contributed by atoms with E-state index < -0.39 is 5.97 Å². The largest absolute Gasteiger partial charge is 0.423 e. The number of pyridine rings is 1. The zero-order valence-electron chi connectivity index (χ0n) is 12.3. The Morgan fingerprint density at radius 3 is 2.55 bits per heavy atom. The van der Waals surface area contributed by atoms with E-state index in [4.69, 9.17) is 4.74 Å². The first kappa shape index (κ1) is 14.1. The highest BCUT2D eigenvalue weighted by molar-refractivity contribution is 6.03. The highest BCUT2D eigenvalue weighted by Gasteiger charge is 2.14. The number of carbonyl (C=O) groups is 1. The van der Waals surface area contributed by atoms with E-state index in [1.54, 1.807) is 24.3 Å². The molecule has 0 radical (unpaired) electrons. The Morgan fingerprint density at radius 2 is 1.77 bits per heavy atom. The Balaban J connectivity index is 2.02. The third-order valence-electron chi connectivity index (χ3n) is 3.66. The van der Waals surface area contributed by atoms with E-state index in [-0.39, 0.29) is 11.1 Å². The van der Waals surface area contributed by atoms with Crippen LogP contribution in [0, 0.1) is 13.8 Å². The predicted molar refractivity (Wildman–Crippen MR) is 85.4 cm³/mol. The summed E-state index contributed by atoms with van der Waals surface area (Å²) in [5.41, 5.74) is 2.72. The molecule has 0 fully saturated rings. The van der Waals surface area contributed by atoms with E-state index in [9.17, 15) is 9.59 Å². The number of hydrogen-bond acceptors (Lipinski definition) is 3. The monoisotopic (exact) mass is 293 g/mol. The van der Waals surface area contributed by atoms with E-state index in [1.165, 1.54) is 6.07 Å². The smallest absolute Gasteiger partial charge is 0.344 e. The molecule has 1 heterocycles. The summed E-state index contributed by atoms with van der Waals surface area (Å²) in [6.07, 6.45) is 0. The number of esters is 1. The first-order valence-corrected chi connectivity index (χ1v) is 6.96. The van der Waals surface area contributed by atoms with Gasteiger partial charge in [0, 0.05) is 17.0 Å². The molecule has 0 aliphatic rings. The number of benzene rings is 2. The third kappa shape index (κ3) is 2.63. The summed E-state index contributed by atoms with van der Waals surface area (Å²) in [6, 6.07) is 13.9. The third-order valence-corrected chi connectivity index (χ3v) is 3.66. The number of aromatic nitrogens is 1. The topological polar surface area (TPSA) is 59.2 Å². The molecule has 0 aliphatic heterocycles. The van der Waals surface area contributed by atoms with E-state index in [0.717, 1.165) is 11.1 Å². The summed E-state index contributed by atoms with van der Waals surface area (Å²) in [5.74, 6) is -0.0667. The molecule has 22 heavy (non-hydrogen) atoms. The average Bonchev–Trinajstić information content (AvgIpc) is 2.50. The second-order valence-corrected chi connectivity index (χ2v) is 5.23. The van der Waals surface area contributed by atoms with Crippen molar-refractivity contribution >= 4 is 16.9 Å². The molecular weight excluding hydrogens is 278 g/mol. The van der Waals surface area contributed by atoms with Crippen molar-refractivity contribution < 1.29 is 9.53 Å². The molecule has 3 rings (SSSR count). The molecule has 4 heteroatoms. The van der Waals surface area contributed by atoms with Gasteiger partial charge in [-0.15, -0.1) is 0 Å². The molecule has 0 unspecified atom stereocenters. The van der Waals surface area contributed by atoms with Crippen LogP contribution in [-0.4, -0.2) is 11.0 Å². The zero-order chi connectivity index (χ0) is 15.7. The van der Waals surface area contributed by atoms with Crippen LogP contribution < -0.4 is 10.3 Å². The van der Waals surface area contributed by atoms with Crippen LogP contribution in [0.2, 0.25) is 0 Å². The van der Waals surface area contributed by atoms with Crippen LogP contribution in [-0.2, 0) is 0 Å². The highest BCUT2D eigenvalue weighted by Crippen LogP contribution is 2.20. The quantitative estimate of drug-likeness (QED) is 0.582. The van der Waals surface area contributed by atoms with E-state index in [1.807, 2.05) is 32.0 Å². The number of nitrogens with one attached hydrogen (secondary N) is 1. The van der Waals surface area contributed by atoms with Crippen LogP contribution in [0.1, 0.15) is 21.5 Å². The fourth-order valence-electron chi connectivity index (χ4n) is 2.31. The van der Waals surface area contributed by atoms with Crippen molar-refractivity contribution in [3.8, 4) is 5.75 Å². The molecule has 1 N–H and O–H groups in total. The molecule has 3 aromatic rings. The summed E-state index contributed by atoms with van der Waals surface area (Å²) < 4.78 is 5.41. The van der Waals surface area contributed by atoms with Crippen LogP contribution in [0.15, 0.2) is 53.3 Å². The minimum Gasteiger partial charge on any atom is -0.423 e. The molecule has 4 nitrogen and oxygen atoms in total. The number of hydrogen-bond donors (Lipinski definition) is 1. The Bertz CT molecular complexity index is 925. The molecule has 1 aromatic heterocycles. The van der Waals surface area contributed by atoms with Gasteiger partial charge in [0.15, 0.2) is 0 Å². The second kappa shape index (κ2) is 5.48. The second-order valence-electron chi connectivity index (χ2n) is 5.23. The number of aromatic amines is 1. The lowest BCUT2D eigenvalue weighted by Gasteiger charge is -2.08. The number of fused-ring (bicyclic) bond motifs is 1. The lowest BCUT2D eigenvalue weighted by molar-refractivity contribution is 0.0736. The zero-order valence-corrected chi connectivity index (χ0v) is 12.3. The van der Waals surface area contributed by atoms with Crippen molar-refractivity contribution in [3.05, 3.63) is 75.6 Å². The van der Waals surface area contributed by atoms with Gasteiger partial charge in [-0.1, -0.05) is 24.3 Å². The number of carbonyl (C=O) groups excluding carboxylic acids is 1. The molecule has 0 saturated heterocycles. The first-order chi connectivity index (χ1) is 10.5.